The van der Waals surface area contributed by atoms with Gasteiger partial charge in [0.25, 0.3) is 0 Å². The number of hydrogen-bond donors (Lipinski definition) is 3. The summed E-state index contributed by atoms with van der Waals surface area (Å²) in [6.45, 7) is 0.268. The van der Waals surface area contributed by atoms with Crippen molar-refractivity contribution in [1.29, 1.82) is 0 Å². The minimum Gasteiger partial charge on any atom is -0.480 e. The average Bonchev–Trinajstić information content (AvgIpc) is 3.19. The van der Waals surface area contributed by atoms with Crippen LogP contribution >= 0.6 is 11.8 Å². The van der Waals surface area contributed by atoms with Crippen LogP contribution in [0.15, 0.2) is 48.5 Å². The third kappa shape index (κ3) is 5.99. The van der Waals surface area contributed by atoms with Gasteiger partial charge in [0, 0.05) is 17.9 Å². The fraction of sp³-hybridized carbons (Fsp3) is 0.444. The van der Waals surface area contributed by atoms with E-state index in [4.69, 9.17) is 4.74 Å². The molecule has 2 aromatic rings. The first-order chi connectivity index (χ1) is 17.0. The maximum Gasteiger partial charge on any atom is 0.407 e. The number of nitrogens with one attached hydrogen (secondary N) is 2. The summed E-state index contributed by atoms with van der Waals surface area (Å²) in [6, 6.07) is 15.5. The van der Waals surface area contributed by atoms with E-state index in [1.165, 1.54) is 22.3 Å². The zero-order valence-corrected chi connectivity index (χ0v) is 20.7. The summed E-state index contributed by atoms with van der Waals surface area (Å²) >= 11 is 1.55. The number of fused-ring (bicyclic) bond motifs is 3. The summed E-state index contributed by atoms with van der Waals surface area (Å²) in [4.78, 5) is 36.5. The number of thioether (sulfide) groups is 1. The number of aliphatic carboxylic acids is 1. The predicted molar refractivity (Wildman–Crippen MR) is 137 cm³/mol. The highest BCUT2D eigenvalue weighted by molar-refractivity contribution is 7.98. The van der Waals surface area contributed by atoms with E-state index < -0.39 is 18.1 Å². The number of benzene rings is 2. The van der Waals surface area contributed by atoms with Gasteiger partial charge in [-0.25, -0.2) is 9.59 Å². The molecule has 8 heteroatoms. The van der Waals surface area contributed by atoms with E-state index in [1.54, 1.807) is 11.8 Å². The molecule has 1 saturated carbocycles. The lowest BCUT2D eigenvalue weighted by atomic mass is 9.85. The smallest absolute Gasteiger partial charge is 0.407 e. The van der Waals surface area contributed by atoms with Gasteiger partial charge in [0.15, 0.2) is 0 Å². The molecule has 186 valence electrons. The van der Waals surface area contributed by atoms with Crippen molar-refractivity contribution in [3.05, 3.63) is 59.7 Å². The SMILES string of the molecule is CSCCC(NC(=O)C1CCC(NC(=O)OCC2c3ccccc3-c3ccccc32)CC1)C(=O)O. The highest BCUT2D eigenvalue weighted by Crippen LogP contribution is 2.44. The Bertz CT molecular complexity index is 1020. The van der Waals surface area contributed by atoms with Crippen LogP contribution in [0.25, 0.3) is 11.1 Å². The molecule has 1 unspecified atom stereocenters. The van der Waals surface area contributed by atoms with Gasteiger partial charge in [-0.15, -0.1) is 0 Å². The Kier molecular flexibility index (Phi) is 8.33. The van der Waals surface area contributed by atoms with Crippen LogP contribution in [-0.2, 0) is 14.3 Å². The molecule has 1 atom stereocenters. The standard InChI is InChI=1S/C27H32N2O5S/c1-35-15-14-24(26(31)32)29-25(30)17-10-12-18(13-11-17)28-27(33)34-16-23-21-8-4-2-6-19(21)20-7-3-5-9-22(20)23/h2-9,17-18,23-24H,10-16H2,1H3,(H,28,33)(H,29,30)(H,31,32). The van der Waals surface area contributed by atoms with Crippen molar-refractivity contribution in [1.82, 2.24) is 10.6 Å². The van der Waals surface area contributed by atoms with E-state index in [1.807, 2.05) is 30.5 Å². The Morgan fingerprint density at radius 1 is 1.00 bits per heavy atom. The van der Waals surface area contributed by atoms with Gasteiger partial charge < -0.3 is 20.5 Å². The fourth-order valence-corrected chi connectivity index (χ4v) is 5.56. The summed E-state index contributed by atoms with van der Waals surface area (Å²) in [5.74, 6) is -0.753. The molecule has 4 rings (SSSR count). The Morgan fingerprint density at radius 2 is 1.60 bits per heavy atom. The van der Waals surface area contributed by atoms with Gasteiger partial charge in [-0.05, 0) is 66.4 Å². The second-order valence-electron chi connectivity index (χ2n) is 9.20. The second kappa shape index (κ2) is 11.6. The molecule has 0 bridgehead atoms. The lowest BCUT2D eigenvalue weighted by Gasteiger charge is -2.29. The summed E-state index contributed by atoms with van der Waals surface area (Å²) < 4.78 is 5.64. The van der Waals surface area contributed by atoms with Crippen molar-refractivity contribution in [3.63, 3.8) is 0 Å². The van der Waals surface area contributed by atoms with Crippen molar-refractivity contribution in [2.24, 2.45) is 5.92 Å². The monoisotopic (exact) mass is 496 g/mol. The number of hydrogen-bond acceptors (Lipinski definition) is 5. The predicted octanol–water partition coefficient (Wildman–Crippen LogP) is 4.41. The Morgan fingerprint density at radius 3 is 2.17 bits per heavy atom. The third-order valence-corrected chi connectivity index (χ3v) is 7.63. The minimum absolute atomic E-state index is 0.0147. The van der Waals surface area contributed by atoms with E-state index >= 15 is 0 Å². The van der Waals surface area contributed by atoms with Crippen LogP contribution in [0, 0.1) is 5.92 Å². The molecule has 1 fully saturated rings. The van der Waals surface area contributed by atoms with E-state index in [-0.39, 0.29) is 30.4 Å². The Hall–Kier alpha value is -3.00. The van der Waals surface area contributed by atoms with Gasteiger partial charge in [-0.2, -0.15) is 11.8 Å². The van der Waals surface area contributed by atoms with Crippen LogP contribution in [0.5, 0.6) is 0 Å². The molecule has 2 amide bonds. The summed E-state index contributed by atoms with van der Waals surface area (Å²) in [7, 11) is 0. The van der Waals surface area contributed by atoms with Gasteiger partial charge >= 0.3 is 12.1 Å². The zero-order chi connectivity index (χ0) is 24.8. The van der Waals surface area contributed by atoms with Crippen LogP contribution in [0.2, 0.25) is 0 Å². The van der Waals surface area contributed by atoms with E-state index in [2.05, 4.69) is 34.9 Å². The number of ether oxygens (including phenoxy) is 1. The summed E-state index contributed by atoms with van der Waals surface area (Å²) in [6.07, 6.45) is 4.40. The molecule has 0 aliphatic heterocycles. The van der Waals surface area contributed by atoms with E-state index in [0.29, 0.717) is 37.9 Å². The maximum absolute atomic E-state index is 12.6. The van der Waals surface area contributed by atoms with Gasteiger partial charge in [0.2, 0.25) is 5.91 Å². The van der Waals surface area contributed by atoms with Crippen molar-refractivity contribution in [2.75, 3.05) is 18.6 Å². The van der Waals surface area contributed by atoms with Gasteiger partial charge in [-0.1, -0.05) is 48.5 Å². The van der Waals surface area contributed by atoms with Crippen molar-refractivity contribution in [2.45, 2.75) is 50.1 Å². The van der Waals surface area contributed by atoms with Crippen molar-refractivity contribution in [3.8, 4) is 11.1 Å². The molecular formula is C27H32N2O5S. The summed E-state index contributed by atoms with van der Waals surface area (Å²) in [5.41, 5.74) is 4.72. The van der Waals surface area contributed by atoms with Gasteiger partial charge in [0.05, 0.1) is 0 Å². The lowest BCUT2D eigenvalue weighted by Crippen LogP contribution is -2.46. The molecule has 7 nitrogen and oxygen atoms in total. The fourth-order valence-electron chi connectivity index (χ4n) is 5.09. The molecular weight excluding hydrogens is 464 g/mol. The molecule has 2 aromatic carbocycles. The van der Waals surface area contributed by atoms with Crippen LogP contribution in [-0.4, -0.2) is 53.8 Å². The topological polar surface area (TPSA) is 105 Å². The van der Waals surface area contributed by atoms with Crippen LogP contribution in [0.3, 0.4) is 0 Å². The molecule has 0 spiro atoms. The Labute approximate surface area is 210 Å². The first-order valence-electron chi connectivity index (χ1n) is 12.1. The first kappa shape index (κ1) is 25.1. The Balaban J connectivity index is 1.24. The normalized spacial score (nSPS) is 19.8. The molecule has 0 radical (unpaired) electrons. The van der Waals surface area contributed by atoms with Crippen molar-refractivity contribution >= 4 is 29.7 Å². The number of carbonyl (C=O) groups is 3. The van der Waals surface area contributed by atoms with Gasteiger partial charge in [-0.3, -0.25) is 4.79 Å². The maximum atomic E-state index is 12.6. The average molecular weight is 497 g/mol. The first-order valence-corrected chi connectivity index (χ1v) is 13.5. The minimum atomic E-state index is -1.00. The highest BCUT2D eigenvalue weighted by atomic mass is 32.2. The van der Waals surface area contributed by atoms with Gasteiger partial charge in [0.1, 0.15) is 12.6 Å². The third-order valence-electron chi connectivity index (χ3n) is 6.99. The molecule has 35 heavy (non-hydrogen) atoms. The van der Waals surface area contributed by atoms with E-state index in [9.17, 15) is 19.5 Å². The van der Waals surface area contributed by atoms with Crippen LogP contribution < -0.4 is 10.6 Å². The van der Waals surface area contributed by atoms with Crippen LogP contribution in [0.1, 0.15) is 49.1 Å². The number of alkyl carbamates (subject to hydrolysis) is 1. The number of carboxylic acid groups (broad SMARTS) is 1. The number of rotatable bonds is 9. The molecule has 0 heterocycles. The highest BCUT2D eigenvalue weighted by Gasteiger charge is 2.31. The number of carboxylic acids is 1. The molecule has 3 N–H and O–H groups in total. The number of carbonyl (C=O) groups excluding carboxylic acids is 2. The molecule has 0 saturated heterocycles. The largest absolute Gasteiger partial charge is 0.480 e. The molecule has 2 aliphatic rings. The summed E-state index contributed by atoms with van der Waals surface area (Å²) in [5, 5.41) is 15.0. The molecule has 0 aromatic heterocycles. The quantitative estimate of drug-likeness (QED) is 0.475. The number of amides is 2. The zero-order valence-electron chi connectivity index (χ0n) is 19.9. The van der Waals surface area contributed by atoms with E-state index in [0.717, 1.165) is 0 Å². The second-order valence-corrected chi connectivity index (χ2v) is 10.2. The van der Waals surface area contributed by atoms with Crippen molar-refractivity contribution < 1.29 is 24.2 Å². The molecule has 2 aliphatic carbocycles. The van der Waals surface area contributed by atoms with Crippen LogP contribution in [0.4, 0.5) is 4.79 Å². The lowest BCUT2D eigenvalue weighted by molar-refractivity contribution is -0.142.